The molecule has 0 spiro atoms. The van der Waals surface area contributed by atoms with E-state index >= 15 is 0 Å². The van der Waals surface area contributed by atoms with Crippen LogP contribution in [0.15, 0.2) is 24.3 Å². The van der Waals surface area contributed by atoms with E-state index in [1.54, 1.807) is 7.11 Å². The molecule has 0 radical (unpaired) electrons. The molecular formula is C14H15NO3S. The van der Waals surface area contributed by atoms with Crippen molar-refractivity contribution in [1.29, 1.82) is 0 Å². The largest absolute Gasteiger partial charge is 0.497 e. The number of aromatic nitrogens is 1. The van der Waals surface area contributed by atoms with Crippen molar-refractivity contribution >= 4 is 17.3 Å². The van der Waals surface area contributed by atoms with Crippen molar-refractivity contribution in [3.05, 3.63) is 45.4 Å². The molecule has 0 amide bonds. The van der Waals surface area contributed by atoms with E-state index in [-0.39, 0.29) is 0 Å². The van der Waals surface area contributed by atoms with Gasteiger partial charge in [0, 0.05) is 6.42 Å². The number of hydrogen-bond acceptors (Lipinski definition) is 4. The minimum absolute atomic E-state index is 0.340. The van der Waals surface area contributed by atoms with Crippen molar-refractivity contribution in [2.24, 2.45) is 0 Å². The normalized spacial score (nSPS) is 10.4. The van der Waals surface area contributed by atoms with Crippen LogP contribution in [0.5, 0.6) is 5.75 Å². The monoisotopic (exact) mass is 277 g/mol. The number of carbonyl (C=O) groups is 1. The minimum atomic E-state index is -0.902. The van der Waals surface area contributed by atoms with Gasteiger partial charge < -0.3 is 9.84 Å². The van der Waals surface area contributed by atoms with Gasteiger partial charge in [0.05, 0.1) is 17.8 Å². The van der Waals surface area contributed by atoms with Gasteiger partial charge in [0.2, 0.25) is 0 Å². The van der Waals surface area contributed by atoms with Gasteiger partial charge in [-0.3, -0.25) is 0 Å². The van der Waals surface area contributed by atoms with Crippen molar-refractivity contribution in [3.63, 3.8) is 0 Å². The SMILES string of the molecule is CCc1nc(Cc2ccc(OC)cc2)c(C(=O)O)s1. The third-order valence-electron chi connectivity index (χ3n) is 2.77. The summed E-state index contributed by atoms with van der Waals surface area (Å²) in [6.07, 6.45) is 1.29. The van der Waals surface area contributed by atoms with E-state index in [1.165, 1.54) is 11.3 Å². The standard InChI is InChI=1S/C14H15NO3S/c1-3-12-15-11(13(19-12)14(16)17)8-9-4-6-10(18-2)7-5-9/h4-7H,3,8H2,1-2H3,(H,16,17). The molecule has 4 nitrogen and oxygen atoms in total. The number of aromatic carboxylic acids is 1. The Morgan fingerprint density at radius 3 is 2.58 bits per heavy atom. The number of carboxylic acid groups (broad SMARTS) is 1. The Kier molecular flexibility index (Phi) is 4.16. The van der Waals surface area contributed by atoms with Gasteiger partial charge in [-0.1, -0.05) is 19.1 Å². The zero-order valence-corrected chi connectivity index (χ0v) is 11.7. The summed E-state index contributed by atoms with van der Waals surface area (Å²) in [5.41, 5.74) is 1.66. The van der Waals surface area contributed by atoms with Gasteiger partial charge in [0.1, 0.15) is 10.6 Å². The number of methoxy groups -OCH3 is 1. The Balaban J connectivity index is 2.26. The van der Waals surface area contributed by atoms with Gasteiger partial charge in [0.25, 0.3) is 0 Å². The van der Waals surface area contributed by atoms with Crippen LogP contribution in [0.25, 0.3) is 0 Å². The first-order valence-corrected chi connectivity index (χ1v) is 6.80. The maximum atomic E-state index is 11.2. The molecule has 0 aliphatic heterocycles. The van der Waals surface area contributed by atoms with Crippen LogP contribution in [0.2, 0.25) is 0 Å². The fourth-order valence-corrected chi connectivity index (χ4v) is 2.63. The summed E-state index contributed by atoms with van der Waals surface area (Å²) in [6.45, 7) is 1.97. The highest BCUT2D eigenvalue weighted by Gasteiger charge is 2.16. The summed E-state index contributed by atoms with van der Waals surface area (Å²) in [4.78, 5) is 15.9. The number of benzene rings is 1. The predicted molar refractivity (Wildman–Crippen MR) is 74.3 cm³/mol. The first-order valence-electron chi connectivity index (χ1n) is 5.98. The third kappa shape index (κ3) is 3.12. The molecule has 1 aromatic heterocycles. The lowest BCUT2D eigenvalue weighted by Gasteiger charge is -2.02. The van der Waals surface area contributed by atoms with Crippen molar-refractivity contribution in [2.75, 3.05) is 7.11 Å². The molecule has 0 aliphatic carbocycles. The number of thiazole rings is 1. The molecule has 0 fully saturated rings. The summed E-state index contributed by atoms with van der Waals surface area (Å²) in [5.74, 6) is -0.115. The fourth-order valence-electron chi connectivity index (χ4n) is 1.78. The van der Waals surface area contributed by atoms with Crippen molar-refractivity contribution < 1.29 is 14.6 Å². The second kappa shape index (κ2) is 5.84. The molecular weight excluding hydrogens is 262 g/mol. The van der Waals surface area contributed by atoms with Crippen LogP contribution in [0.3, 0.4) is 0 Å². The number of aryl methyl sites for hydroxylation is 1. The van der Waals surface area contributed by atoms with E-state index < -0.39 is 5.97 Å². The minimum Gasteiger partial charge on any atom is -0.497 e. The average Bonchev–Trinajstić information content (AvgIpc) is 2.83. The van der Waals surface area contributed by atoms with E-state index in [4.69, 9.17) is 4.74 Å². The van der Waals surface area contributed by atoms with Crippen LogP contribution < -0.4 is 4.74 Å². The molecule has 0 saturated heterocycles. The Labute approximate surface area is 115 Å². The smallest absolute Gasteiger partial charge is 0.347 e. The number of hydrogen-bond donors (Lipinski definition) is 1. The molecule has 0 aliphatic rings. The molecule has 19 heavy (non-hydrogen) atoms. The third-order valence-corrected chi connectivity index (χ3v) is 4.00. The van der Waals surface area contributed by atoms with Crippen molar-refractivity contribution in [1.82, 2.24) is 4.98 Å². The Morgan fingerprint density at radius 1 is 1.37 bits per heavy atom. The van der Waals surface area contributed by atoms with Crippen LogP contribution in [-0.4, -0.2) is 23.2 Å². The van der Waals surface area contributed by atoms with Crippen molar-refractivity contribution in [2.45, 2.75) is 19.8 Å². The Bertz CT molecular complexity index is 575. The van der Waals surface area contributed by atoms with E-state index in [9.17, 15) is 9.90 Å². The lowest BCUT2D eigenvalue weighted by atomic mass is 10.1. The van der Waals surface area contributed by atoms with E-state index in [1.807, 2.05) is 31.2 Å². The molecule has 1 N–H and O–H groups in total. The summed E-state index contributed by atoms with van der Waals surface area (Å²) in [7, 11) is 1.62. The molecule has 2 rings (SSSR count). The molecule has 0 unspecified atom stereocenters. The lowest BCUT2D eigenvalue weighted by Crippen LogP contribution is -2.00. The number of nitrogens with zero attached hydrogens (tertiary/aromatic N) is 1. The molecule has 5 heteroatoms. The molecule has 100 valence electrons. The highest BCUT2D eigenvalue weighted by molar-refractivity contribution is 7.13. The molecule has 1 heterocycles. The number of rotatable bonds is 5. The van der Waals surface area contributed by atoms with Gasteiger partial charge >= 0.3 is 5.97 Å². The van der Waals surface area contributed by atoms with Crippen LogP contribution in [0.1, 0.15) is 32.9 Å². The van der Waals surface area contributed by atoms with Crippen LogP contribution in [0, 0.1) is 0 Å². The highest BCUT2D eigenvalue weighted by Crippen LogP contribution is 2.22. The van der Waals surface area contributed by atoms with Crippen LogP contribution >= 0.6 is 11.3 Å². The van der Waals surface area contributed by atoms with Gasteiger partial charge in [-0.25, -0.2) is 9.78 Å². The zero-order valence-electron chi connectivity index (χ0n) is 10.8. The second-order valence-electron chi connectivity index (χ2n) is 4.07. The van der Waals surface area contributed by atoms with Crippen molar-refractivity contribution in [3.8, 4) is 5.75 Å². The fraction of sp³-hybridized carbons (Fsp3) is 0.286. The molecule has 1 aromatic carbocycles. The zero-order chi connectivity index (χ0) is 13.8. The summed E-state index contributed by atoms with van der Waals surface area (Å²) in [6, 6.07) is 7.58. The first kappa shape index (κ1) is 13.5. The van der Waals surface area contributed by atoms with E-state index in [0.717, 1.165) is 22.7 Å². The number of carboxylic acids is 1. The summed E-state index contributed by atoms with van der Waals surface area (Å²) < 4.78 is 5.10. The Morgan fingerprint density at radius 2 is 2.05 bits per heavy atom. The Hall–Kier alpha value is -1.88. The quantitative estimate of drug-likeness (QED) is 0.912. The van der Waals surface area contributed by atoms with Crippen LogP contribution in [0.4, 0.5) is 0 Å². The maximum absolute atomic E-state index is 11.2. The maximum Gasteiger partial charge on any atom is 0.347 e. The van der Waals surface area contributed by atoms with Crippen LogP contribution in [-0.2, 0) is 12.8 Å². The molecule has 2 aromatic rings. The predicted octanol–water partition coefficient (Wildman–Crippen LogP) is 3.00. The van der Waals surface area contributed by atoms with E-state index in [2.05, 4.69) is 4.98 Å². The van der Waals surface area contributed by atoms with Gasteiger partial charge in [-0.15, -0.1) is 11.3 Å². The van der Waals surface area contributed by atoms with Gasteiger partial charge in [-0.05, 0) is 24.1 Å². The number of ether oxygens (including phenoxy) is 1. The molecule has 0 atom stereocenters. The molecule has 0 bridgehead atoms. The summed E-state index contributed by atoms with van der Waals surface area (Å²) >= 11 is 1.26. The van der Waals surface area contributed by atoms with Gasteiger partial charge in [0.15, 0.2) is 0 Å². The second-order valence-corrected chi connectivity index (χ2v) is 5.15. The molecule has 0 saturated carbocycles. The lowest BCUT2D eigenvalue weighted by molar-refractivity contribution is 0.0701. The van der Waals surface area contributed by atoms with E-state index in [0.29, 0.717) is 17.0 Å². The summed E-state index contributed by atoms with van der Waals surface area (Å²) in [5, 5.41) is 10.0. The topological polar surface area (TPSA) is 59.4 Å². The van der Waals surface area contributed by atoms with Gasteiger partial charge in [-0.2, -0.15) is 0 Å². The average molecular weight is 277 g/mol. The highest BCUT2D eigenvalue weighted by atomic mass is 32.1. The first-order chi connectivity index (χ1) is 9.13.